The fourth-order valence-electron chi connectivity index (χ4n) is 3.02. The topological polar surface area (TPSA) is 73.8 Å². The first-order valence-corrected chi connectivity index (χ1v) is 7.89. The Labute approximate surface area is 130 Å². The molecule has 0 spiro atoms. The third kappa shape index (κ3) is 3.41. The van der Waals surface area contributed by atoms with Crippen molar-refractivity contribution in [3.05, 3.63) is 30.0 Å². The van der Waals surface area contributed by atoms with Gasteiger partial charge in [0.15, 0.2) is 5.82 Å². The smallest absolute Gasteiger partial charge is 0.151 e. The van der Waals surface area contributed by atoms with Crippen LogP contribution in [0.5, 0.6) is 0 Å². The highest BCUT2D eigenvalue weighted by molar-refractivity contribution is 5.39. The van der Waals surface area contributed by atoms with Gasteiger partial charge in [-0.05, 0) is 32.0 Å². The van der Waals surface area contributed by atoms with Gasteiger partial charge in [-0.3, -0.25) is 10.00 Å². The molecule has 1 atom stereocenters. The molecule has 0 bridgehead atoms. The molecule has 3 rings (SSSR count). The van der Waals surface area contributed by atoms with Gasteiger partial charge in [0, 0.05) is 31.7 Å². The minimum Gasteiger partial charge on any atom is -0.351 e. The zero-order chi connectivity index (χ0) is 15.4. The Kier molecular flexibility index (Phi) is 4.62. The number of aromatic nitrogens is 5. The van der Waals surface area contributed by atoms with Crippen molar-refractivity contribution in [2.24, 2.45) is 0 Å². The summed E-state index contributed by atoms with van der Waals surface area (Å²) < 4.78 is 0. The molecule has 1 aliphatic rings. The molecule has 1 fully saturated rings. The molecule has 118 valence electrons. The van der Waals surface area contributed by atoms with E-state index in [0.717, 1.165) is 43.5 Å². The molecule has 0 aromatic carbocycles. The third-order valence-corrected chi connectivity index (χ3v) is 4.07. The summed E-state index contributed by atoms with van der Waals surface area (Å²) >= 11 is 0. The summed E-state index contributed by atoms with van der Waals surface area (Å²) in [5.41, 5.74) is 0. The maximum Gasteiger partial charge on any atom is 0.151 e. The van der Waals surface area contributed by atoms with Crippen LogP contribution in [-0.2, 0) is 13.0 Å². The average molecular weight is 301 g/mol. The molecule has 22 heavy (non-hydrogen) atoms. The van der Waals surface area contributed by atoms with Crippen molar-refractivity contribution in [1.29, 1.82) is 0 Å². The SMILES string of the molecule is CCc1n[nH]c(CN(C)C[C@@H]2CCCN2c2cccnn2)n1. The number of likely N-dealkylation sites (N-methyl/N-ethyl adjacent to an activating group) is 1. The first kappa shape index (κ1) is 14.9. The lowest BCUT2D eigenvalue weighted by molar-refractivity contribution is 0.296. The van der Waals surface area contributed by atoms with Crippen molar-refractivity contribution in [2.75, 3.05) is 25.0 Å². The number of hydrogen-bond donors (Lipinski definition) is 1. The van der Waals surface area contributed by atoms with Crippen LogP contribution in [0, 0.1) is 0 Å². The van der Waals surface area contributed by atoms with Gasteiger partial charge in [-0.25, -0.2) is 4.98 Å². The van der Waals surface area contributed by atoms with Gasteiger partial charge >= 0.3 is 0 Å². The van der Waals surface area contributed by atoms with Crippen LogP contribution in [0.15, 0.2) is 18.3 Å². The maximum absolute atomic E-state index is 4.48. The second-order valence-corrected chi connectivity index (χ2v) is 5.82. The van der Waals surface area contributed by atoms with Gasteiger partial charge in [0.25, 0.3) is 0 Å². The molecule has 7 heteroatoms. The molecule has 0 unspecified atom stereocenters. The van der Waals surface area contributed by atoms with Crippen LogP contribution in [0.25, 0.3) is 0 Å². The Hall–Kier alpha value is -2.02. The van der Waals surface area contributed by atoms with E-state index in [1.165, 1.54) is 12.8 Å². The van der Waals surface area contributed by atoms with Crippen LogP contribution >= 0.6 is 0 Å². The molecule has 2 aromatic rings. The van der Waals surface area contributed by atoms with Crippen molar-refractivity contribution in [3.63, 3.8) is 0 Å². The summed E-state index contributed by atoms with van der Waals surface area (Å²) in [6.45, 7) is 4.89. The van der Waals surface area contributed by atoms with Crippen molar-refractivity contribution < 1.29 is 0 Å². The van der Waals surface area contributed by atoms with E-state index in [1.54, 1.807) is 6.20 Å². The summed E-state index contributed by atoms with van der Waals surface area (Å²) in [5.74, 6) is 2.79. The Balaban J connectivity index is 1.59. The van der Waals surface area contributed by atoms with E-state index < -0.39 is 0 Å². The Morgan fingerprint density at radius 1 is 1.45 bits per heavy atom. The molecule has 0 saturated carbocycles. The number of anilines is 1. The van der Waals surface area contributed by atoms with Crippen LogP contribution in [0.2, 0.25) is 0 Å². The van der Waals surface area contributed by atoms with Crippen molar-refractivity contribution in [2.45, 2.75) is 38.8 Å². The number of nitrogens with zero attached hydrogens (tertiary/aromatic N) is 6. The maximum atomic E-state index is 4.48. The Morgan fingerprint density at radius 3 is 3.09 bits per heavy atom. The van der Waals surface area contributed by atoms with Crippen molar-refractivity contribution in [3.8, 4) is 0 Å². The molecule has 2 aromatic heterocycles. The minimum atomic E-state index is 0.482. The number of aryl methyl sites for hydroxylation is 1. The summed E-state index contributed by atoms with van der Waals surface area (Å²) in [7, 11) is 2.13. The number of aromatic amines is 1. The van der Waals surface area contributed by atoms with Crippen LogP contribution in [0.3, 0.4) is 0 Å². The van der Waals surface area contributed by atoms with Gasteiger partial charge in [0.1, 0.15) is 11.6 Å². The summed E-state index contributed by atoms with van der Waals surface area (Å²) in [6.07, 6.45) is 4.98. The first-order chi connectivity index (χ1) is 10.8. The quantitative estimate of drug-likeness (QED) is 0.866. The molecular weight excluding hydrogens is 278 g/mol. The molecule has 1 saturated heterocycles. The highest BCUT2D eigenvalue weighted by Gasteiger charge is 2.27. The number of hydrogen-bond acceptors (Lipinski definition) is 6. The van der Waals surface area contributed by atoms with Gasteiger partial charge in [0.05, 0.1) is 6.54 Å². The fraction of sp³-hybridized carbons (Fsp3) is 0.600. The molecule has 0 amide bonds. The van der Waals surface area contributed by atoms with Gasteiger partial charge in [-0.15, -0.1) is 5.10 Å². The van der Waals surface area contributed by atoms with Crippen LogP contribution < -0.4 is 4.90 Å². The minimum absolute atomic E-state index is 0.482. The number of nitrogens with one attached hydrogen (secondary N) is 1. The van der Waals surface area contributed by atoms with E-state index in [0.29, 0.717) is 6.04 Å². The second-order valence-electron chi connectivity index (χ2n) is 5.82. The zero-order valence-corrected chi connectivity index (χ0v) is 13.2. The predicted molar refractivity (Wildman–Crippen MR) is 84.5 cm³/mol. The Morgan fingerprint density at radius 2 is 2.36 bits per heavy atom. The van der Waals surface area contributed by atoms with Crippen LogP contribution in [0.1, 0.15) is 31.4 Å². The van der Waals surface area contributed by atoms with Gasteiger partial charge < -0.3 is 4.90 Å². The molecule has 0 radical (unpaired) electrons. The molecular formula is C15H23N7. The van der Waals surface area contributed by atoms with E-state index in [4.69, 9.17) is 0 Å². The number of H-pyrrole nitrogens is 1. The third-order valence-electron chi connectivity index (χ3n) is 4.07. The molecule has 7 nitrogen and oxygen atoms in total. The molecule has 3 heterocycles. The van der Waals surface area contributed by atoms with Gasteiger partial charge in [-0.1, -0.05) is 6.92 Å². The number of rotatable bonds is 6. The summed E-state index contributed by atoms with van der Waals surface area (Å²) in [5, 5.41) is 15.4. The van der Waals surface area contributed by atoms with E-state index in [9.17, 15) is 0 Å². The standard InChI is InChI=1S/C15H23N7/c1-3-13-17-14(19-18-13)11-21(2)10-12-6-5-9-22(12)15-7-4-8-16-20-15/h4,7-8,12H,3,5-6,9-11H2,1-2H3,(H,17,18,19)/t12-/m0/s1. The van der Waals surface area contributed by atoms with E-state index in [-0.39, 0.29) is 0 Å². The summed E-state index contributed by atoms with van der Waals surface area (Å²) in [4.78, 5) is 9.13. The first-order valence-electron chi connectivity index (χ1n) is 7.89. The highest BCUT2D eigenvalue weighted by Crippen LogP contribution is 2.23. The van der Waals surface area contributed by atoms with Crippen molar-refractivity contribution >= 4 is 5.82 Å². The Bertz CT molecular complexity index is 583. The van der Waals surface area contributed by atoms with Gasteiger partial charge in [-0.2, -0.15) is 10.2 Å². The van der Waals surface area contributed by atoms with Gasteiger partial charge in [0.2, 0.25) is 0 Å². The van der Waals surface area contributed by atoms with Crippen molar-refractivity contribution in [1.82, 2.24) is 30.3 Å². The van der Waals surface area contributed by atoms with E-state index in [1.807, 2.05) is 12.1 Å². The summed E-state index contributed by atoms with van der Waals surface area (Å²) in [6, 6.07) is 4.47. The molecule has 1 N–H and O–H groups in total. The fourth-order valence-corrected chi connectivity index (χ4v) is 3.02. The molecule has 0 aliphatic carbocycles. The molecule has 1 aliphatic heterocycles. The highest BCUT2D eigenvalue weighted by atomic mass is 15.3. The second kappa shape index (κ2) is 6.83. The monoisotopic (exact) mass is 301 g/mol. The lowest BCUT2D eigenvalue weighted by atomic mass is 10.2. The van der Waals surface area contributed by atoms with Crippen LogP contribution in [0.4, 0.5) is 5.82 Å². The largest absolute Gasteiger partial charge is 0.351 e. The van der Waals surface area contributed by atoms with E-state index in [2.05, 4.69) is 49.1 Å². The zero-order valence-electron chi connectivity index (χ0n) is 13.2. The lowest BCUT2D eigenvalue weighted by Gasteiger charge is -2.28. The lowest BCUT2D eigenvalue weighted by Crippen LogP contribution is -2.39. The average Bonchev–Trinajstić information content (AvgIpc) is 3.17. The van der Waals surface area contributed by atoms with Crippen LogP contribution in [-0.4, -0.2) is 56.5 Å². The predicted octanol–water partition coefficient (Wildman–Crippen LogP) is 1.26. The van der Waals surface area contributed by atoms with E-state index >= 15 is 0 Å². The normalized spacial score (nSPS) is 18.3.